The Morgan fingerprint density at radius 1 is 1.09 bits per heavy atom. The van der Waals surface area contributed by atoms with E-state index in [9.17, 15) is 18.8 Å². The number of aromatic amines is 1. The quantitative estimate of drug-likeness (QED) is 0.298. The van der Waals surface area contributed by atoms with Gasteiger partial charge >= 0.3 is 11.9 Å². The van der Waals surface area contributed by atoms with E-state index in [2.05, 4.69) is 20.3 Å². The van der Waals surface area contributed by atoms with Gasteiger partial charge in [-0.2, -0.15) is 0 Å². The van der Waals surface area contributed by atoms with Crippen LogP contribution in [0.4, 0.5) is 4.39 Å². The number of carbonyl (C=O) groups is 2. The number of nitrogens with zero attached hydrogens (tertiary/aromatic N) is 2. The van der Waals surface area contributed by atoms with Crippen molar-refractivity contribution in [3.8, 4) is 5.75 Å². The fourth-order valence-corrected chi connectivity index (χ4v) is 3.28. The number of hydrogen-bond acceptors (Lipinski definition) is 7. The molecule has 0 aliphatic rings. The lowest BCUT2D eigenvalue weighted by molar-refractivity contribution is -0.156. The van der Waals surface area contributed by atoms with E-state index in [0.717, 1.165) is 11.6 Å². The van der Waals surface area contributed by atoms with Crippen LogP contribution in [-0.4, -0.2) is 26.8 Å². The summed E-state index contributed by atoms with van der Waals surface area (Å²) in [6.45, 7) is -0.347. The van der Waals surface area contributed by atoms with Crippen molar-refractivity contribution in [2.45, 2.75) is 19.8 Å². The molecule has 0 fully saturated rings. The summed E-state index contributed by atoms with van der Waals surface area (Å²) in [6, 6.07) is 14.3. The van der Waals surface area contributed by atoms with Gasteiger partial charge in [-0.05, 0) is 23.8 Å². The van der Waals surface area contributed by atoms with Gasteiger partial charge in [0.25, 0.3) is 5.56 Å². The van der Waals surface area contributed by atoms with Gasteiger partial charge in [0.2, 0.25) is 0 Å². The zero-order valence-corrected chi connectivity index (χ0v) is 18.8. The summed E-state index contributed by atoms with van der Waals surface area (Å²) in [5, 5.41) is 2.56. The van der Waals surface area contributed by atoms with Crippen molar-refractivity contribution in [2.24, 2.45) is 0 Å². The topological polar surface area (TPSA) is 123 Å². The van der Waals surface area contributed by atoms with Crippen molar-refractivity contribution < 1.29 is 23.5 Å². The molecule has 4 rings (SSSR count). The van der Waals surface area contributed by atoms with E-state index in [1.165, 1.54) is 24.4 Å². The maximum Gasteiger partial charge on any atom is 0.397 e. The monoisotopic (exact) mass is 496 g/mol. The Labute approximate surface area is 202 Å². The van der Waals surface area contributed by atoms with Crippen LogP contribution >= 0.6 is 11.6 Å². The minimum atomic E-state index is -1.05. The minimum Gasteiger partial charge on any atom is -0.486 e. The number of rotatable bonds is 7. The molecule has 2 aromatic carbocycles. The highest BCUT2D eigenvalue weighted by Gasteiger charge is 2.17. The Bertz CT molecular complexity index is 1450. The predicted octanol–water partition coefficient (Wildman–Crippen LogP) is 3.05. The molecule has 0 saturated carbocycles. The van der Waals surface area contributed by atoms with Gasteiger partial charge in [-0.25, -0.2) is 14.2 Å². The number of esters is 1. The van der Waals surface area contributed by atoms with Crippen molar-refractivity contribution in [2.75, 3.05) is 0 Å². The van der Waals surface area contributed by atoms with Gasteiger partial charge in [0.05, 0.1) is 22.6 Å². The van der Waals surface area contributed by atoms with Crippen molar-refractivity contribution in [1.82, 2.24) is 20.3 Å². The SMILES string of the molecule is O=C(NCc1nccc2c(=O)[nH]c(COc3ccc(F)c(Cl)c3)nc12)C(=O)OCc1ccccc1. The van der Waals surface area contributed by atoms with E-state index in [1.807, 2.05) is 6.07 Å². The summed E-state index contributed by atoms with van der Waals surface area (Å²) in [7, 11) is 0. The molecule has 4 aromatic rings. The minimum absolute atomic E-state index is 0.0425. The van der Waals surface area contributed by atoms with E-state index in [-0.39, 0.29) is 53.0 Å². The predicted molar refractivity (Wildman–Crippen MR) is 124 cm³/mol. The fourth-order valence-electron chi connectivity index (χ4n) is 3.11. The zero-order chi connectivity index (χ0) is 24.8. The second-order valence-corrected chi connectivity index (χ2v) is 7.68. The molecule has 0 aliphatic heterocycles. The number of fused-ring (bicyclic) bond motifs is 1. The highest BCUT2D eigenvalue weighted by Crippen LogP contribution is 2.21. The van der Waals surface area contributed by atoms with Crippen LogP contribution in [0.2, 0.25) is 5.02 Å². The van der Waals surface area contributed by atoms with Crippen LogP contribution in [0.25, 0.3) is 10.9 Å². The molecule has 0 aliphatic carbocycles. The Morgan fingerprint density at radius 2 is 1.89 bits per heavy atom. The number of aromatic nitrogens is 3. The summed E-state index contributed by atoms with van der Waals surface area (Å²) in [6.07, 6.45) is 1.39. The molecule has 11 heteroatoms. The summed E-state index contributed by atoms with van der Waals surface area (Å²) in [5.74, 6) is -2.14. The van der Waals surface area contributed by atoms with Crippen LogP contribution in [0.1, 0.15) is 17.1 Å². The number of nitrogens with one attached hydrogen (secondary N) is 2. The smallest absolute Gasteiger partial charge is 0.397 e. The molecule has 1 amide bonds. The molecule has 0 saturated heterocycles. The van der Waals surface area contributed by atoms with Gasteiger partial charge in [0.1, 0.15) is 36.1 Å². The third-order valence-corrected chi connectivity index (χ3v) is 5.12. The Balaban J connectivity index is 1.44. The van der Waals surface area contributed by atoms with Crippen LogP contribution in [0, 0.1) is 5.82 Å². The molecule has 178 valence electrons. The number of benzene rings is 2. The first-order valence-electron chi connectivity index (χ1n) is 10.3. The summed E-state index contributed by atoms with van der Waals surface area (Å²) in [4.78, 5) is 47.8. The molecular formula is C24H18ClFN4O5. The summed E-state index contributed by atoms with van der Waals surface area (Å²) < 4.78 is 23.9. The zero-order valence-electron chi connectivity index (χ0n) is 18.1. The van der Waals surface area contributed by atoms with Crippen LogP contribution in [0.5, 0.6) is 5.75 Å². The maximum absolute atomic E-state index is 13.3. The van der Waals surface area contributed by atoms with Gasteiger partial charge in [-0.3, -0.25) is 14.6 Å². The van der Waals surface area contributed by atoms with Gasteiger partial charge < -0.3 is 19.8 Å². The third-order valence-electron chi connectivity index (χ3n) is 4.83. The number of hydrogen-bond donors (Lipinski definition) is 2. The lowest BCUT2D eigenvalue weighted by Gasteiger charge is -2.10. The van der Waals surface area contributed by atoms with E-state index in [1.54, 1.807) is 24.3 Å². The average Bonchev–Trinajstić information content (AvgIpc) is 2.87. The molecule has 0 bridgehead atoms. The third kappa shape index (κ3) is 5.98. The number of carbonyl (C=O) groups excluding carboxylic acids is 2. The lowest BCUT2D eigenvalue weighted by atomic mass is 10.2. The standard InChI is InChI=1S/C24H18ClFN4O5/c25-17-10-15(6-7-18(17)26)34-13-20-29-21-16(22(31)30-20)8-9-27-19(21)11-28-23(32)24(33)35-12-14-4-2-1-3-5-14/h1-10H,11-13H2,(H,28,32)(H,29,30,31). The maximum atomic E-state index is 13.3. The molecule has 0 spiro atoms. The van der Waals surface area contributed by atoms with Gasteiger partial charge in [-0.15, -0.1) is 0 Å². The Morgan fingerprint density at radius 3 is 2.66 bits per heavy atom. The van der Waals surface area contributed by atoms with Crippen LogP contribution in [0.3, 0.4) is 0 Å². The van der Waals surface area contributed by atoms with E-state index < -0.39 is 23.3 Å². The number of ether oxygens (including phenoxy) is 2. The number of pyridine rings is 1. The normalized spacial score (nSPS) is 10.7. The second kappa shape index (κ2) is 10.7. The molecule has 0 radical (unpaired) electrons. The molecular weight excluding hydrogens is 479 g/mol. The van der Waals surface area contributed by atoms with Crippen LogP contribution in [0.15, 0.2) is 65.6 Å². The molecule has 2 N–H and O–H groups in total. The van der Waals surface area contributed by atoms with E-state index in [4.69, 9.17) is 21.1 Å². The fraction of sp³-hybridized carbons (Fsp3) is 0.125. The van der Waals surface area contributed by atoms with Gasteiger partial charge in [-0.1, -0.05) is 41.9 Å². The van der Waals surface area contributed by atoms with Gasteiger partial charge in [0.15, 0.2) is 0 Å². The number of halogens is 2. The molecule has 0 atom stereocenters. The number of H-pyrrole nitrogens is 1. The van der Waals surface area contributed by atoms with E-state index >= 15 is 0 Å². The molecule has 9 nitrogen and oxygen atoms in total. The highest BCUT2D eigenvalue weighted by atomic mass is 35.5. The molecule has 0 unspecified atom stereocenters. The molecule has 2 aromatic heterocycles. The van der Waals surface area contributed by atoms with Gasteiger partial charge in [0, 0.05) is 12.3 Å². The summed E-state index contributed by atoms with van der Waals surface area (Å²) in [5.41, 5.74) is 0.794. The Kier molecular flexibility index (Phi) is 7.32. The average molecular weight is 497 g/mol. The molecule has 2 heterocycles. The van der Waals surface area contributed by atoms with Crippen molar-refractivity contribution in [3.63, 3.8) is 0 Å². The first-order valence-corrected chi connectivity index (χ1v) is 10.7. The number of amides is 1. The van der Waals surface area contributed by atoms with Crippen molar-refractivity contribution in [1.29, 1.82) is 0 Å². The van der Waals surface area contributed by atoms with E-state index in [0.29, 0.717) is 0 Å². The van der Waals surface area contributed by atoms with Crippen molar-refractivity contribution >= 4 is 34.4 Å². The first-order chi connectivity index (χ1) is 16.9. The first kappa shape index (κ1) is 23.8. The molecule has 35 heavy (non-hydrogen) atoms. The highest BCUT2D eigenvalue weighted by molar-refractivity contribution is 6.32. The van der Waals surface area contributed by atoms with Crippen LogP contribution in [-0.2, 0) is 34.1 Å². The largest absolute Gasteiger partial charge is 0.486 e. The second-order valence-electron chi connectivity index (χ2n) is 7.28. The summed E-state index contributed by atoms with van der Waals surface area (Å²) >= 11 is 5.75. The van der Waals surface area contributed by atoms with Crippen molar-refractivity contribution in [3.05, 3.63) is 99.1 Å². The van der Waals surface area contributed by atoms with Crippen LogP contribution < -0.4 is 15.6 Å². The Hall–Kier alpha value is -4.31. The lowest BCUT2D eigenvalue weighted by Crippen LogP contribution is -2.32.